The maximum atomic E-state index is 6.03. The highest BCUT2D eigenvalue weighted by Gasteiger charge is 2.24. The number of nitrogens with one attached hydrogen (secondary N) is 1. The second-order valence-electron chi connectivity index (χ2n) is 5.95. The Hall–Kier alpha value is -1.32. The minimum Gasteiger partial charge on any atom is -0.459 e. The summed E-state index contributed by atoms with van der Waals surface area (Å²) in [6.45, 7) is 8.92. The molecule has 1 aromatic carbocycles. The molecule has 20 heavy (non-hydrogen) atoms. The van der Waals surface area contributed by atoms with Crippen LogP contribution in [-0.4, -0.2) is 31.1 Å². The fourth-order valence-electron chi connectivity index (χ4n) is 3.13. The minimum absolute atomic E-state index is 0.290. The van der Waals surface area contributed by atoms with Crippen molar-refractivity contribution in [2.75, 3.05) is 26.2 Å². The van der Waals surface area contributed by atoms with Gasteiger partial charge in [-0.1, -0.05) is 32.0 Å². The maximum absolute atomic E-state index is 6.03. The molecule has 1 aliphatic heterocycles. The van der Waals surface area contributed by atoms with Crippen molar-refractivity contribution in [3.8, 4) is 0 Å². The van der Waals surface area contributed by atoms with E-state index in [1.807, 2.05) is 12.1 Å². The standard InChI is InChI=1S/C17H24N2O/c1-3-18-15(12-19-9-8-13(2)11-19)17-10-14-6-4-5-7-16(14)20-17/h4-7,10,13,15,18H,3,8-9,11-12H2,1-2H3. The number of rotatable bonds is 5. The van der Waals surface area contributed by atoms with Gasteiger partial charge in [0, 0.05) is 18.5 Å². The lowest BCUT2D eigenvalue weighted by atomic mass is 10.1. The summed E-state index contributed by atoms with van der Waals surface area (Å²) in [5.41, 5.74) is 0.986. The van der Waals surface area contributed by atoms with Gasteiger partial charge in [0.25, 0.3) is 0 Å². The molecule has 2 unspecified atom stereocenters. The summed E-state index contributed by atoms with van der Waals surface area (Å²) < 4.78 is 6.03. The van der Waals surface area contributed by atoms with Crippen molar-refractivity contribution < 1.29 is 4.42 Å². The number of fused-ring (bicyclic) bond motifs is 1. The van der Waals surface area contributed by atoms with Gasteiger partial charge in [0.1, 0.15) is 11.3 Å². The lowest BCUT2D eigenvalue weighted by Gasteiger charge is -2.22. The molecule has 1 aliphatic rings. The average Bonchev–Trinajstić information content (AvgIpc) is 3.04. The Kier molecular flexibility index (Phi) is 4.08. The Morgan fingerprint density at radius 3 is 2.95 bits per heavy atom. The van der Waals surface area contributed by atoms with E-state index >= 15 is 0 Å². The van der Waals surface area contributed by atoms with Gasteiger partial charge in [-0.2, -0.15) is 0 Å². The number of hydrogen-bond donors (Lipinski definition) is 1. The number of furan rings is 1. The number of hydrogen-bond acceptors (Lipinski definition) is 3. The molecule has 108 valence electrons. The lowest BCUT2D eigenvalue weighted by Crippen LogP contribution is -2.33. The molecule has 0 saturated carbocycles. The van der Waals surface area contributed by atoms with E-state index in [0.717, 1.165) is 30.4 Å². The van der Waals surface area contributed by atoms with Crippen molar-refractivity contribution in [3.05, 3.63) is 36.1 Å². The summed E-state index contributed by atoms with van der Waals surface area (Å²) in [5, 5.41) is 4.76. The highest BCUT2D eigenvalue weighted by molar-refractivity contribution is 5.77. The zero-order valence-corrected chi connectivity index (χ0v) is 12.4. The van der Waals surface area contributed by atoms with Gasteiger partial charge >= 0.3 is 0 Å². The maximum Gasteiger partial charge on any atom is 0.134 e. The fourth-order valence-corrected chi connectivity index (χ4v) is 3.13. The van der Waals surface area contributed by atoms with E-state index in [1.54, 1.807) is 0 Å². The van der Waals surface area contributed by atoms with Crippen molar-refractivity contribution in [1.29, 1.82) is 0 Å². The molecule has 2 heterocycles. The molecule has 0 spiro atoms. The van der Waals surface area contributed by atoms with Crippen LogP contribution in [0, 0.1) is 5.92 Å². The summed E-state index contributed by atoms with van der Waals surface area (Å²) in [5.74, 6) is 1.89. The molecule has 1 N–H and O–H groups in total. The van der Waals surface area contributed by atoms with Crippen LogP contribution in [0.25, 0.3) is 11.0 Å². The van der Waals surface area contributed by atoms with Crippen LogP contribution in [0.1, 0.15) is 32.1 Å². The Labute approximate surface area is 120 Å². The molecule has 3 heteroatoms. The Morgan fingerprint density at radius 2 is 2.25 bits per heavy atom. The van der Waals surface area contributed by atoms with Gasteiger partial charge in [-0.15, -0.1) is 0 Å². The molecule has 1 aromatic heterocycles. The van der Waals surface area contributed by atoms with Crippen LogP contribution in [0.2, 0.25) is 0 Å². The topological polar surface area (TPSA) is 28.4 Å². The number of nitrogens with zero attached hydrogens (tertiary/aromatic N) is 1. The summed E-state index contributed by atoms with van der Waals surface area (Å²) in [4.78, 5) is 2.55. The van der Waals surface area contributed by atoms with Crippen LogP contribution in [0.4, 0.5) is 0 Å². The van der Waals surface area contributed by atoms with Crippen molar-refractivity contribution in [1.82, 2.24) is 10.2 Å². The van der Waals surface area contributed by atoms with Crippen molar-refractivity contribution >= 4 is 11.0 Å². The predicted molar refractivity (Wildman–Crippen MR) is 82.9 cm³/mol. The van der Waals surface area contributed by atoms with Gasteiger partial charge < -0.3 is 14.6 Å². The van der Waals surface area contributed by atoms with E-state index in [4.69, 9.17) is 4.42 Å². The molecule has 1 fully saturated rings. The monoisotopic (exact) mass is 272 g/mol. The van der Waals surface area contributed by atoms with Crippen LogP contribution >= 0.6 is 0 Å². The third kappa shape index (κ3) is 2.89. The molecule has 0 radical (unpaired) electrons. The first kappa shape index (κ1) is 13.7. The van der Waals surface area contributed by atoms with Crippen LogP contribution in [-0.2, 0) is 0 Å². The fraction of sp³-hybridized carbons (Fsp3) is 0.529. The molecular formula is C17H24N2O. The van der Waals surface area contributed by atoms with Crippen LogP contribution in [0.3, 0.4) is 0 Å². The van der Waals surface area contributed by atoms with E-state index in [0.29, 0.717) is 0 Å². The minimum atomic E-state index is 0.290. The lowest BCUT2D eigenvalue weighted by molar-refractivity contribution is 0.269. The summed E-state index contributed by atoms with van der Waals surface area (Å²) in [6.07, 6.45) is 1.32. The van der Waals surface area contributed by atoms with Crippen LogP contribution in [0.15, 0.2) is 34.7 Å². The number of likely N-dealkylation sites (tertiary alicyclic amines) is 1. The summed E-state index contributed by atoms with van der Waals surface area (Å²) >= 11 is 0. The predicted octanol–water partition coefficient (Wildman–Crippen LogP) is 3.43. The van der Waals surface area contributed by atoms with Crippen molar-refractivity contribution in [2.45, 2.75) is 26.3 Å². The number of benzene rings is 1. The summed E-state index contributed by atoms with van der Waals surface area (Å²) in [6, 6.07) is 10.7. The molecule has 3 rings (SSSR count). The van der Waals surface area contributed by atoms with Gasteiger partial charge in [0.05, 0.1) is 6.04 Å². The largest absolute Gasteiger partial charge is 0.459 e. The van der Waals surface area contributed by atoms with E-state index < -0.39 is 0 Å². The van der Waals surface area contributed by atoms with E-state index in [1.165, 1.54) is 24.9 Å². The Morgan fingerprint density at radius 1 is 1.40 bits per heavy atom. The smallest absolute Gasteiger partial charge is 0.134 e. The molecule has 2 aromatic rings. The van der Waals surface area contributed by atoms with E-state index in [-0.39, 0.29) is 6.04 Å². The third-order valence-corrected chi connectivity index (χ3v) is 4.19. The normalized spacial score (nSPS) is 21.6. The zero-order valence-electron chi connectivity index (χ0n) is 12.4. The molecule has 2 atom stereocenters. The molecule has 0 bridgehead atoms. The molecule has 1 saturated heterocycles. The number of para-hydroxylation sites is 1. The molecule has 3 nitrogen and oxygen atoms in total. The van der Waals surface area contributed by atoms with Gasteiger partial charge in [-0.3, -0.25) is 0 Å². The van der Waals surface area contributed by atoms with Crippen LogP contribution < -0.4 is 5.32 Å². The highest BCUT2D eigenvalue weighted by Crippen LogP contribution is 2.26. The van der Waals surface area contributed by atoms with Crippen molar-refractivity contribution in [3.63, 3.8) is 0 Å². The number of likely N-dealkylation sites (N-methyl/N-ethyl adjacent to an activating group) is 1. The quantitative estimate of drug-likeness (QED) is 0.904. The van der Waals surface area contributed by atoms with E-state index in [2.05, 4.69) is 42.3 Å². The second kappa shape index (κ2) is 5.98. The molecular weight excluding hydrogens is 248 g/mol. The molecule has 0 aliphatic carbocycles. The molecule has 0 amide bonds. The van der Waals surface area contributed by atoms with Crippen LogP contribution in [0.5, 0.6) is 0 Å². The SMILES string of the molecule is CCNC(CN1CCC(C)C1)c1cc2ccccc2o1. The highest BCUT2D eigenvalue weighted by atomic mass is 16.3. The first-order chi connectivity index (χ1) is 9.76. The van der Waals surface area contributed by atoms with E-state index in [9.17, 15) is 0 Å². The third-order valence-electron chi connectivity index (χ3n) is 4.19. The first-order valence-electron chi connectivity index (χ1n) is 7.70. The second-order valence-corrected chi connectivity index (χ2v) is 5.95. The Bertz CT molecular complexity index is 530. The van der Waals surface area contributed by atoms with Gasteiger partial charge in [-0.25, -0.2) is 0 Å². The first-order valence-corrected chi connectivity index (χ1v) is 7.70. The Balaban J connectivity index is 1.78. The summed E-state index contributed by atoms with van der Waals surface area (Å²) in [7, 11) is 0. The van der Waals surface area contributed by atoms with Gasteiger partial charge in [-0.05, 0) is 37.6 Å². The van der Waals surface area contributed by atoms with Crippen molar-refractivity contribution in [2.24, 2.45) is 5.92 Å². The zero-order chi connectivity index (χ0) is 13.9. The van der Waals surface area contributed by atoms with Gasteiger partial charge in [0.15, 0.2) is 0 Å². The van der Waals surface area contributed by atoms with Gasteiger partial charge in [0.2, 0.25) is 0 Å². The average molecular weight is 272 g/mol.